The molecule has 3 aromatic rings. The van der Waals surface area contributed by atoms with Crippen LogP contribution in [0.25, 0.3) is 0 Å². The number of fused-ring (bicyclic) bond motifs is 1. The fourth-order valence-electron chi connectivity index (χ4n) is 5.40. The highest BCUT2D eigenvalue weighted by atomic mass is 35.5. The molecule has 0 spiro atoms. The fraction of sp³-hybridized carbons (Fsp3) is 0.310. The third-order valence-electron chi connectivity index (χ3n) is 6.81. The van der Waals surface area contributed by atoms with Crippen LogP contribution in [0.4, 0.5) is 5.69 Å². The molecule has 1 aliphatic carbocycles. The van der Waals surface area contributed by atoms with Crippen molar-refractivity contribution in [3.63, 3.8) is 0 Å². The minimum Gasteiger partial charge on any atom is -0.351 e. The normalized spacial score (nSPS) is 17.3. The molecule has 1 aliphatic rings. The smallest absolute Gasteiger partial charge is 0.258 e. The summed E-state index contributed by atoms with van der Waals surface area (Å²) in [5, 5.41) is 5.65. The lowest BCUT2D eigenvalue weighted by atomic mass is 9.77. The van der Waals surface area contributed by atoms with Crippen molar-refractivity contribution >= 4 is 62.1 Å². The van der Waals surface area contributed by atoms with Crippen molar-refractivity contribution < 1.29 is 18.0 Å². The summed E-state index contributed by atoms with van der Waals surface area (Å²) in [6.45, 7) is 5.34. The number of sulfone groups is 1. The number of carbonyl (C=O) groups is 2. The Bertz CT molecular complexity index is 1520. The molecule has 3 aromatic carbocycles. The third kappa shape index (κ3) is 6.77. The SMILES string of the molecule is CC(=O)NC(C)(C)CC1Cc2ccc(NC(=O)c3c(Cl)cccc3Cl)cc2C(S(=O)(=O)c2cccc(Cl)c2)C1. The van der Waals surface area contributed by atoms with Gasteiger partial charge in [-0.15, -0.1) is 0 Å². The number of hydrogen-bond acceptors (Lipinski definition) is 4. The molecule has 206 valence electrons. The van der Waals surface area contributed by atoms with Crippen LogP contribution in [-0.2, 0) is 21.1 Å². The topological polar surface area (TPSA) is 92.3 Å². The Labute approximate surface area is 244 Å². The van der Waals surface area contributed by atoms with Gasteiger partial charge in [0.15, 0.2) is 9.84 Å². The molecule has 0 radical (unpaired) electrons. The number of amides is 2. The number of benzene rings is 3. The second kappa shape index (κ2) is 11.5. The molecule has 2 amide bonds. The Morgan fingerprint density at radius 2 is 1.64 bits per heavy atom. The van der Waals surface area contributed by atoms with Gasteiger partial charge in [0.1, 0.15) is 0 Å². The number of nitrogens with one attached hydrogen (secondary N) is 2. The van der Waals surface area contributed by atoms with Gasteiger partial charge in [-0.05, 0) is 92.6 Å². The molecule has 2 unspecified atom stereocenters. The first kappa shape index (κ1) is 29.4. The van der Waals surface area contributed by atoms with Gasteiger partial charge in [-0.2, -0.15) is 0 Å². The molecule has 10 heteroatoms. The van der Waals surface area contributed by atoms with E-state index in [1.165, 1.54) is 19.1 Å². The molecular weight excluding hydrogens is 579 g/mol. The summed E-state index contributed by atoms with van der Waals surface area (Å²) < 4.78 is 28.0. The largest absolute Gasteiger partial charge is 0.351 e. The van der Waals surface area contributed by atoms with E-state index in [0.29, 0.717) is 35.5 Å². The van der Waals surface area contributed by atoms with Crippen LogP contribution < -0.4 is 10.6 Å². The lowest BCUT2D eigenvalue weighted by Gasteiger charge is -2.36. The van der Waals surface area contributed by atoms with Gasteiger partial charge >= 0.3 is 0 Å². The second-order valence-electron chi connectivity index (χ2n) is 10.5. The Hall–Kier alpha value is -2.58. The van der Waals surface area contributed by atoms with E-state index >= 15 is 0 Å². The van der Waals surface area contributed by atoms with Crippen LogP contribution in [0.15, 0.2) is 65.6 Å². The van der Waals surface area contributed by atoms with E-state index in [9.17, 15) is 18.0 Å². The zero-order valence-electron chi connectivity index (χ0n) is 21.7. The summed E-state index contributed by atoms with van der Waals surface area (Å²) in [6, 6.07) is 16.3. The van der Waals surface area contributed by atoms with Gasteiger partial charge in [0.2, 0.25) is 5.91 Å². The van der Waals surface area contributed by atoms with Gasteiger partial charge in [0.25, 0.3) is 5.91 Å². The van der Waals surface area contributed by atoms with Gasteiger partial charge < -0.3 is 10.6 Å². The highest BCUT2D eigenvalue weighted by molar-refractivity contribution is 7.91. The van der Waals surface area contributed by atoms with Crippen molar-refractivity contribution in [1.82, 2.24) is 5.32 Å². The fourth-order valence-corrected chi connectivity index (χ4v) is 8.19. The van der Waals surface area contributed by atoms with Crippen LogP contribution >= 0.6 is 34.8 Å². The zero-order chi connectivity index (χ0) is 28.5. The molecule has 0 bridgehead atoms. The maximum Gasteiger partial charge on any atom is 0.258 e. The van der Waals surface area contributed by atoms with Crippen LogP contribution in [0.5, 0.6) is 0 Å². The second-order valence-corrected chi connectivity index (χ2v) is 13.9. The van der Waals surface area contributed by atoms with Crippen molar-refractivity contribution in [3.8, 4) is 0 Å². The molecule has 0 aliphatic heterocycles. The van der Waals surface area contributed by atoms with E-state index in [4.69, 9.17) is 34.8 Å². The first-order chi connectivity index (χ1) is 18.3. The number of rotatable bonds is 7. The minimum absolute atomic E-state index is 0.0133. The van der Waals surface area contributed by atoms with Crippen molar-refractivity contribution in [2.45, 2.75) is 55.7 Å². The van der Waals surface area contributed by atoms with Crippen molar-refractivity contribution in [2.75, 3.05) is 5.32 Å². The average Bonchev–Trinajstić information content (AvgIpc) is 2.82. The highest BCUT2D eigenvalue weighted by Crippen LogP contribution is 2.44. The Balaban J connectivity index is 1.73. The maximum absolute atomic E-state index is 14.0. The molecule has 0 aromatic heterocycles. The van der Waals surface area contributed by atoms with Crippen molar-refractivity contribution in [1.29, 1.82) is 0 Å². The predicted octanol–water partition coefficient (Wildman–Crippen LogP) is 7.28. The van der Waals surface area contributed by atoms with Crippen LogP contribution in [0.1, 0.15) is 60.3 Å². The van der Waals surface area contributed by atoms with Crippen LogP contribution in [0.3, 0.4) is 0 Å². The van der Waals surface area contributed by atoms with E-state index in [2.05, 4.69) is 10.6 Å². The number of halogens is 3. The molecular formula is C29H29Cl3N2O4S. The van der Waals surface area contributed by atoms with Gasteiger partial charge in [-0.25, -0.2) is 8.42 Å². The number of carbonyl (C=O) groups excluding carboxylic acids is 2. The molecule has 0 fully saturated rings. The summed E-state index contributed by atoms with van der Waals surface area (Å²) in [5.41, 5.74) is 1.54. The van der Waals surface area contributed by atoms with Crippen LogP contribution in [0.2, 0.25) is 15.1 Å². The third-order valence-corrected chi connectivity index (χ3v) is 9.78. The van der Waals surface area contributed by atoms with E-state index in [0.717, 1.165) is 5.56 Å². The molecule has 4 rings (SSSR count). The molecule has 0 saturated carbocycles. The Morgan fingerprint density at radius 3 is 2.28 bits per heavy atom. The molecule has 0 saturated heterocycles. The molecule has 2 N–H and O–H groups in total. The minimum atomic E-state index is -3.85. The van der Waals surface area contributed by atoms with E-state index in [1.807, 2.05) is 19.9 Å². The lowest BCUT2D eigenvalue weighted by molar-refractivity contribution is -0.120. The van der Waals surface area contributed by atoms with E-state index in [1.54, 1.807) is 42.5 Å². The van der Waals surface area contributed by atoms with Crippen LogP contribution in [0, 0.1) is 5.92 Å². The van der Waals surface area contributed by atoms with Crippen molar-refractivity contribution in [3.05, 3.63) is 92.4 Å². The number of hydrogen-bond donors (Lipinski definition) is 2. The highest BCUT2D eigenvalue weighted by Gasteiger charge is 2.39. The first-order valence-electron chi connectivity index (χ1n) is 12.4. The summed E-state index contributed by atoms with van der Waals surface area (Å²) in [6.07, 6.45) is 1.57. The molecule has 0 heterocycles. The van der Waals surface area contributed by atoms with Crippen molar-refractivity contribution in [2.24, 2.45) is 5.92 Å². The first-order valence-corrected chi connectivity index (χ1v) is 15.1. The predicted molar refractivity (Wildman–Crippen MR) is 157 cm³/mol. The molecule has 2 atom stereocenters. The van der Waals surface area contributed by atoms with Gasteiger partial charge in [-0.1, -0.05) is 53.0 Å². The summed E-state index contributed by atoms with van der Waals surface area (Å²) in [5.74, 6) is -0.649. The average molecular weight is 608 g/mol. The maximum atomic E-state index is 14.0. The van der Waals surface area contributed by atoms with E-state index < -0.39 is 26.5 Å². The summed E-state index contributed by atoms with van der Waals surface area (Å²) >= 11 is 18.6. The van der Waals surface area contributed by atoms with Gasteiger partial charge in [0.05, 0.1) is 25.8 Å². The summed E-state index contributed by atoms with van der Waals surface area (Å²) in [4.78, 5) is 24.9. The summed E-state index contributed by atoms with van der Waals surface area (Å²) in [7, 11) is -3.85. The standard InChI is InChI=1S/C29H29Cl3N2O4S/c1-17(35)34-29(2,3)16-18-12-19-10-11-21(33-28(36)27-24(31)8-5-9-25(27)32)15-23(19)26(13-18)39(37,38)22-7-4-6-20(30)14-22/h4-11,14-15,18,26H,12-13,16H2,1-3H3,(H,33,36)(H,34,35). The van der Waals surface area contributed by atoms with Crippen LogP contribution in [-0.4, -0.2) is 25.8 Å². The Morgan fingerprint density at radius 1 is 0.974 bits per heavy atom. The van der Waals surface area contributed by atoms with Gasteiger partial charge in [-0.3, -0.25) is 9.59 Å². The monoisotopic (exact) mass is 606 g/mol. The molecule has 39 heavy (non-hydrogen) atoms. The van der Waals surface area contributed by atoms with Gasteiger partial charge in [0, 0.05) is 23.2 Å². The van der Waals surface area contributed by atoms with E-state index in [-0.39, 0.29) is 32.3 Å². The Kier molecular flexibility index (Phi) is 8.67. The number of anilines is 1. The zero-order valence-corrected chi connectivity index (χ0v) is 24.8. The lowest BCUT2D eigenvalue weighted by Crippen LogP contribution is -2.44. The quantitative estimate of drug-likeness (QED) is 0.295. The molecule has 6 nitrogen and oxygen atoms in total.